The first-order valence-corrected chi connectivity index (χ1v) is 14.6. The van der Waals surface area contributed by atoms with Crippen molar-refractivity contribution in [2.24, 2.45) is 0 Å². The molecule has 2 N–H and O–H groups in total. The number of aromatic nitrogens is 2. The number of benzene rings is 3. The van der Waals surface area contributed by atoms with E-state index in [1.54, 1.807) is 0 Å². The lowest BCUT2D eigenvalue weighted by Gasteiger charge is -2.33. The van der Waals surface area contributed by atoms with Gasteiger partial charge in [-0.1, -0.05) is 36.4 Å². The molecule has 3 aromatic carbocycles. The van der Waals surface area contributed by atoms with Crippen molar-refractivity contribution in [1.82, 2.24) is 29.6 Å². The molecule has 1 fully saturated rings. The summed E-state index contributed by atoms with van der Waals surface area (Å²) in [5.74, 6) is 0.834. The average molecular weight is 566 g/mol. The topological polar surface area (TPSA) is 91.1 Å². The Morgan fingerprint density at radius 2 is 1.69 bits per heavy atom. The van der Waals surface area contributed by atoms with Crippen LogP contribution < -0.4 is 10.5 Å². The van der Waals surface area contributed by atoms with Crippen LogP contribution in [0.4, 0.5) is 5.95 Å². The molecule has 2 aliphatic heterocycles. The molecule has 0 bridgehead atoms. The van der Waals surface area contributed by atoms with Crippen LogP contribution in [0, 0.1) is 0 Å². The van der Waals surface area contributed by atoms with Gasteiger partial charge in [-0.25, -0.2) is 9.97 Å². The number of nitrogens with two attached hydrogens (primary N) is 1. The number of hydrogen-bond donors (Lipinski definition) is 1. The summed E-state index contributed by atoms with van der Waals surface area (Å²) in [5, 5.41) is 0.708. The van der Waals surface area contributed by atoms with Gasteiger partial charge >= 0.3 is 0 Å². The van der Waals surface area contributed by atoms with Crippen molar-refractivity contribution in [2.45, 2.75) is 19.6 Å². The zero-order chi connectivity index (χ0) is 29.2. The molecule has 0 unspecified atom stereocenters. The van der Waals surface area contributed by atoms with Gasteiger partial charge < -0.3 is 25.2 Å². The molecule has 0 aliphatic carbocycles. The van der Waals surface area contributed by atoms with Gasteiger partial charge in [0.25, 0.3) is 5.91 Å². The summed E-state index contributed by atoms with van der Waals surface area (Å²) in [7, 11) is 6.26. The van der Waals surface area contributed by atoms with Crippen molar-refractivity contribution in [1.29, 1.82) is 0 Å². The summed E-state index contributed by atoms with van der Waals surface area (Å²) in [6, 6.07) is 20.5. The van der Waals surface area contributed by atoms with E-state index >= 15 is 0 Å². The van der Waals surface area contributed by atoms with Crippen molar-refractivity contribution in [3.63, 3.8) is 0 Å². The fourth-order valence-electron chi connectivity index (χ4n) is 5.77. The Morgan fingerprint density at radius 3 is 2.40 bits per heavy atom. The van der Waals surface area contributed by atoms with Gasteiger partial charge in [0.2, 0.25) is 5.95 Å². The largest absolute Gasteiger partial charge is 0.492 e. The number of piperazine rings is 1. The number of amides is 1. The molecule has 4 aromatic rings. The van der Waals surface area contributed by atoms with Crippen molar-refractivity contribution >= 4 is 22.8 Å². The van der Waals surface area contributed by atoms with Gasteiger partial charge in [0.1, 0.15) is 18.1 Å². The zero-order valence-corrected chi connectivity index (χ0v) is 24.7. The maximum Gasteiger partial charge on any atom is 0.273 e. The number of nitrogens with zero attached hydrogens (tertiary/aromatic N) is 6. The molecular formula is C33H39N7O2. The highest BCUT2D eigenvalue weighted by Crippen LogP contribution is 2.33. The second-order valence-electron chi connectivity index (χ2n) is 11.6. The summed E-state index contributed by atoms with van der Waals surface area (Å²) in [5.41, 5.74) is 12.7. The molecule has 2 aliphatic rings. The first kappa shape index (κ1) is 28.1. The van der Waals surface area contributed by atoms with Crippen molar-refractivity contribution in [2.75, 3.05) is 66.2 Å². The molecule has 9 nitrogen and oxygen atoms in total. The van der Waals surface area contributed by atoms with E-state index < -0.39 is 0 Å². The van der Waals surface area contributed by atoms with Gasteiger partial charge in [0, 0.05) is 57.7 Å². The fourth-order valence-corrected chi connectivity index (χ4v) is 5.77. The number of rotatable bonds is 8. The highest BCUT2D eigenvalue weighted by molar-refractivity contribution is 6.06. The predicted molar refractivity (Wildman–Crippen MR) is 166 cm³/mol. The molecule has 9 heteroatoms. The third-order valence-corrected chi connectivity index (χ3v) is 8.23. The van der Waals surface area contributed by atoms with Crippen LogP contribution in [-0.4, -0.2) is 95.9 Å². The Balaban J connectivity index is 1.35. The lowest BCUT2D eigenvalue weighted by molar-refractivity contribution is 0.0747. The van der Waals surface area contributed by atoms with E-state index in [-0.39, 0.29) is 11.9 Å². The lowest BCUT2D eigenvalue weighted by Crippen LogP contribution is -2.43. The Morgan fingerprint density at radius 1 is 0.952 bits per heavy atom. The van der Waals surface area contributed by atoms with Crippen LogP contribution >= 0.6 is 0 Å². The minimum absolute atomic E-state index is 0.102. The summed E-state index contributed by atoms with van der Waals surface area (Å²) in [4.78, 5) is 31.6. The molecular weight excluding hydrogens is 526 g/mol. The maximum absolute atomic E-state index is 13.8. The van der Waals surface area contributed by atoms with E-state index in [0.717, 1.165) is 56.1 Å². The third kappa shape index (κ3) is 6.09. The molecule has 42 heavy (non-hydrogen) atoms. The molecule has 3 heterocycles. The average Bonchev–Trinajstić information content (AvgIpc) is 3.42. The minimum Gasteiger partial charge on any atom is -0.492 e. The summed E-state index contributed by atoms with van der Waals surface area (Å²) < 4.78 is 6.12. The standard InChI is InChI=1S/C33H39N7O2/c1-37(2)16-17-42-27-9-10-28(26(18-27)20-39-14-12-38(3)13-15-39)23-8-11-30-29(19-23)31(36-33(34)35-30)32(41)40-21-24-6-4-5-7-25(24)22-40/h4-11,18-19H,12-17,20-22H2,1-3H3,(H2,34,35,36). The van der Waals surface area contributed by atoms with Crippen LogP contribution in [0.5, 0.6) is 5.75 Å². The second kappa shape index (κ2) is 12.1. The van der Waals surface area contributed by atoms with E-state index in [2.05, 4.69) is 62.0 Å². The smallest absolute Gasteiger partial charge is 0.273 e. The van der Waals surface area contributed by atoms with Crippen LogP contribution in [-0.2, 0) is 19.6 Å². The maximum atomic E-state index is 13.8. The van der Waals surface area contributed by atoms with E-state index in [1.165, 1.54) is 16.7 Å². The Kier molecular flexibility index (Phi) is 8.06. The highest BCUT2D eigenvalue weighted by Gasteiger charge is 2.27. The minimum atomic E-state index is -0.134. The molecule has 6 rings (SSSR count). The molecule has 0 spiro atoms. The van der Waals surface area contributed by atoms with Crippen LogP contribution in [0.15, 0.2) is 60.7 Å². The van der Waals surface area contributed by atoms with Crippen molar-refractivity contribution in [3.05, 3.63) is 83.0 Å². The van der Waals surface area contributed by atoms with E-state index in [0.29, 0.717) is 36.3 Å². The Labute approximate surface area is 247 Å². The molecule has 1 amide bonds. The van der Waals surface area contributed by atoms with Crippen LogP contribution in [0.2, 0.25) is 0 Å². The number of anilines is 1. The van der Waals surface area contributed by atoms with Crippen LogP contribution in [0.1, 0.15) is 27.2 Å². The number of carbonyl (C=O) groups excluding carboxylic acids is 1. The van der Waals surface area contributed by atoms with Crippen LogP contribution in [0.25, 0.3) is 22.0 Å². The molecule has 0 radical (unpaired) electrons. The summed E-state index contributed by atoms with van der Waals surface area (Å²) >= 11 is 0. The summed E-state index contributed by atoms with van der Waals surface area (Å²) in [6.45, 7) is 7.55. The van der Waals surface area contributed by atoms with Crippen LogP contribution in [0.3, 0.4) is 0 Å². The highest BCUT2D eigenvalue weighted by atomic mass is 16.5. The number of nitrogen functional groups attached to an aromatic ring is 1. The van der Waals surface area contributed by atoms with Gasteiger partial charge in [-0.2, -0.15) is 0 Å². The zero-order valence-electron chi connectivity index (χ0n) is 24.7. The number of fused-ring (bicyclic) bond motifs is 2. The van der Waals surface area contributed by atoms with E-state index in [4.69, 9.17) is 10.5 Å². The SMILES string of the molecule is CN(C)CCOc1ccc(-c2ccc3nc(N)nc(C(=O)N4Cc5ccccc5C4)c3c2)c(CN2CCN(C)CC2)c1. The number of likely N-dealkylation sites (N-methyl/N-ethyl adjacent to an activating group) is 2. The first-order valence-electron chi connectivity index (χ1n) is 14.6. The molecule has 218 valence electrons. The summed E-state index contributed by atoms with van der Waals surface area (Å²) in [6.07, 6.45) is 0. The predicted octanol–water partition coefficient (Wildman–Crippen LogP) is 3.72. The van der Waals surface area contributed by atoms with E-state index in [1.807, 2.05) is 49.3 Å². The Hall–Kier alpha value is -4.05. The molecule has 1 saturated heterocycles. The monoisotopic (exact) mass is 565 g/mol. The molecule has 1 aromatic heterocycles. The Bertz CT molecular complexity index is 1570. The quantitative estimate of drug-likeness (QED) is 0.346. The molecule has 0 saturated carbocycles. The van der Waals surface area contributed by atoms with Gasteiger partial charge in [0.05, 0.1) is 5.52 Å². The fraction of sp³-hybridized carbons (Fsp3) is 0.364. The van der Waals surface area contributed by atoms with Crippen molar-refractivity contribution < 1.29 is 9.53 Å². The van der Waals surface area contributed by atoms with Gasteiger partial charge in [-0.15, -0.1) is 0 Å². The van der Waals surface area contributed by atoms with Crippen molar-refractivity contribution in [3.8, 4) is 16.9 Å². The molecule has 0 atom stereocenters. The first-order chi connectivity index (χ1) is 20.3. The lowest BCUT2D eigenvalue weighted by atomic mass is 9.96. The van der Waals surface area contributed by atoms with Gasteiger partial charge in [-0.05, 0) is 73.2 Å². The van der Waals surface area contributed by atoms with Gasteiger partial charge in [-0.3, -0.25) is 9.69 Å². The normalized spacial score (nSPS) is 15.9. The number of carbonyl (C=O) groups is 1. The number of ether oxygens (including phenoxy) is 1. The third-order valence-electron chi connectivity index (χ3n) is 8.23. The van der Waals surface area contributed by atoms with Gasteiger partial charge in [0.15, 0.2) is 0 Å². The second-order valence-corrected chi connectivity index (χ2v) is 11.6. The van der Waals surface area contributed by atoms with E-state index in [9.17, 15) is 4.79 Å². The number of hydrogen-bond acceptors (Lipinski definition) is 8.